The molecule has 156 valence electrons. The SMILES string of the molecule is CC(=O)Nc1cccc(C(=O)N2CCC3(CC2)CC(=O)c2ccc(C)c(C)c2O3)c1. The van der Waals surface area contributed by atoms with Crippen molar-refractivity contribution in [1.82, 2.24) is 4.90 Å². The van der Waals surface area contributed by atoms with E-state index < -0.39 is 5.60 Å². The highest BCUT2D eigenvalue weighted by Gasteiger charge is 2.44. The number of fused-ring (bicyclic) bond motifs is 1. The smallest absolute Gasteiger partial charge is 0.253 e. The van der Waals surface area contributed by atoms with Crippen LogP contribution in [0.1, 0.15) is 58.0 Å². The van der Waals surface area contributed by atoms with E-state index in [1.165, 1.54) is 6.92 Å². The fraction of sp³-hybridized carbons (Fsp3) is 0.375. The molecular weight excluding hydrogens is 380 g/mol. The molecule has 1 spiro atoms. The molecule has 2 aliphatic heterocycles. The van der Waals surface area contributed by atoms with Crippen LogP contribution in [-0.2, 0) is 4.79 Å². The fourth-order valence-corrected chi connectivity index (χ4v) is 4.29. The van der Waals surface area contributed by atoms with Gasteiger partial charge in [0, 0.05) is 44.1 Å². The molecule has 30 heavy (non-hydrogen) atoms. The van der Waals surface area contributed by atoms with E-state index in [-0.39, 0.29) is 17.6 Å². The van der Waals surface area contributed by atoms with Crippen LogP contribution in [0, 0.1) is 13.8 Å². The number of ether oxygens (including phenoxy) is 1. The third kappa shape index (κ3) is 3.70. The number of hydrogen-bond acceptors (Lipinski definition) is 4. The number of nitrogens with one attached hydrogen (secondary N) is 1. The molecular formula is C24H26N2O4. The maximum atomic E-state index is 13.0. The summed E-state index contributed by atoms with van der Waals surface area (Å²) in [5, 5.41) is 2.71. The van der Waals surface area contributed by atoms with Gasteiger partial charge in [-0.15, -0.1) is 0 Å². The highest BCUT2D eigenvalue weighted by atomic mass is 16.5. The van der Waals surface area contributed by atoms with Crippen LogP contribution in [0.25, 0.3) is 0 Å². The first-order chi connectivity index (χ1) is 14.3. The van der Waals surface area contributed by atoms with E-state index in [4.69, 9.17) is 4.74 Å². The second-order valence-corrected chi connectivity index (χ2v) is 8.32. The molecule has 2 aliphatic rings. The zero-order valence-electron chi connectivity index (χ0n) is 17.6. The molecule has 2 heterocycles. The summed E-state index contributed by atoms with van der Waals surface area (Å²) in [4.78, 5) is 38.8. The van der Waals surface area contributed by atoms with Crippen LogP contribution < -0.4 is 10.1 Å². The number of aryl methyl sites for hydroxylation is 1. The van der Waals surface area contributed by atoms with Crippen molar-refractivity contribution in [3.63, 3.8) is 0 Å². The Hall–Kier alpha value is -3.15. The van der Waals surface area contributed by atoms with Crippen LogP contribution in [0.4, 0.5) is 5.69 Å². The first-order valence-corrected chi connectivity index (χ1v) is 10.3. The molecule has 1 fully saturated rings. The van der Waals surface area contributed by atoms with Crippen LogP contribution in [0.15, 0.2) is 36.4 Å². The number of benzene rings is 2. The first kappa shape index (κ1) is 20.1. The molecule has 6 nitrogen and oxygen atoms in total. The second kappa shape index (κ2) is 7.59. The number of Topliss-reactive ketones (excluding diaryl/α,β-unsaturated/α-hetero) is 1. The molecule has 0 atom stereocenters. The molecule has 1 saturated heterocycles. The van der Waals surface area contributed by atoms with E-state index in [9.17, 15) is 14.4 Å². The van der Waals surface area contributed by atoms with Gasteiger partial charge in [-0.3, -0.25) is 14.4 Å². The zero-order chi connectivity index (χ0) is 21.5. The van der Waals surface area contributed by atoms with Gasteiger partial charge in [-0.05, 0) is 49.2 Å². The Morgan fingerprint density at radius 3 is 2.53 bits per heavy atom. The lowest BCUT2D eigenvalue weighted by atomic mass is 9.81. The Kier molecular flexibility index (Phi) is 5.10. The maximum Gasteiger partial charge on any atom is 0.253 e. The van der Waals surface area contributed by atoms with E-state index >= 15 is 0 Å². The Morgan fingerprint density at radius 1 is 1.10 bits per heavy atom. The van der Waals surface area contributed by atoms with Gasteiger partial charge in [0.25, 0.3) is 5.91 Å². The van der Waals surface area contributed by atoms with E-state index in [1.54, 1.807) is 29.2 Å². The van der Waals surface area contributed by atoms with E-state index in [0.29, 0.717) is 54.9 Å². The largest absolute Gasteiger partial charge is 0.486 e. The van der Waals surface area contributed by atoms with E-state index in [2.05, 4.69) is 5.32 Å². The molecule has 0 aromatic heterocycles. The van der Waals surface area contributed by atoms with Crippen molar-refractivity contribution in [1.29, 1.82) is 0 Å². The van der Waals surface area contributed by atoms with Crippen LogP contribution in [0.2, 0.25) is 0 Å². The number of ketones is 1. The van der Waals surface area contributed by atoms with Gasteiger partial charge in [0.05, 0.1) is 12.0 Å². The van der Waals surface area contributed by atoms with Crippen molar-refractivity contribution in [2.45, 2.75) is 45.6 Å². The summed E-state index contributed by atoms with van der Waals surface area (Å²) in [6.45, 7) is 6.49. The summed E-state index contributed by atoms with van der Waals surface area (Å²) in [5.41, 5.74) is 3.37. The third-order valence-electron chi connectivity index (χ3n) is 6.17. The minimum atomic E-state index is -0.544. The first-order valence-electron chi connectivity index (χ1n) is 10.3. The van der Waals surface area contributed by atoms with Gasteiger partial charge in [0.1, 0.15) is 11.4 Å². The van der Waals surface area contributed by atoms with Crippen molar-refractivity contribution in [3.8, 4) is 5.75 Å². The van der Waals surface area contributed by atoms with Gasteiger partial charge >= 0.3 is 0 Å². The Balaban J connectivity index is 1.49. The molecule has 0 aliphatic carbocycles. The molecule has 2 aromatic carbocycles. The topological polar surface area (TPSA) is 75.7 Å². The minimum absolute atomic E-state index is 0.0772. The lowest BCUT2D eigenvalue weighted by molar-refractivity contribution is -0.114. The predicted octanol–water partition coefficient (Wildman–Crippen LogP) is 3.90. The molecule has 2 amide bonds. The van der Waals surface area contributed by atoms with Gasteiger partial charge in [0.15, 0.2) is 5.78 Å². The molecule has 0 saturated carbocycles. The average molecular weight is 406 g/mol. The molecule has 2 aromatic rings. The predicted molar refractivity (Wildman–Crippen MR) is 114 cm³/mol. The average Bonchev–Trinajstić information content (AvgIpc) is 2.71. The van der Waals surface area contributed by atoms with Crippen molar-refractivity contribution < 1.29 is 19.1 Å². The third-order valence-corrected chi connectivity index (χ3v) is 6.17. The lowest BCUT2D eigenvalue weighted by Crippen LogP contribution is -2.52. The van der Waals surface area contributed by atoms with Crippen molar-refractivity contribution in [2.24, 2.45) is 0 Å². The zero-order valence-corrected chi connectivity index (χ0v) is 17.6. The number of nitrogens with zero attached hydrogens (tertiary/aromatic N) is 1. The standard InChI is InChI=1S/C24H26N2O4/c1-15-7-8-20-21(28)14-24(30-22(20)16(15)2)9-11-26(12-10-24)23(29)18-5-4-6-19(13-18)25-17(3)27/h4-8,13H,9-12,14H2,1-3H3,(H,25,27). The summed E-state index contributed by atoms with van der Waals surface area (Å²) in [6.07, 6.45) is 1.58. The quantitative estimate of drug-likeness (QED) is 0.821. The van der Waals surface area contributed by atoms with E-state index in [0.717, 1.165) is 11.1 Å². The summed E-state index contributed by atoms with van der Waals surface area (Å²) < 4.78 is 6.43. The number of carbonyl (C=O) groups excluding carboxylic acids is 3. The Labute approximate surface area is 176 Å². The number of rotatable bonds is 2. The van der Waals surface area contributed by atoms with Crippen molar-refractivity contribution in [3.05, 3.63) is 58.7 Å². The highest BCUT2D eigenvalue weighted by molar-refractivity contribution is 6.01. The van der Waals surface area contributed by atoms with Crippen LogP contribution in [-0.4, -0.2) is 41.2 Å². The second-order valence-electron chi connectivity index (χ2n) is 8.32. The molecule has 0 radical (unpaired) electrons. The summed E-state index contributed by atoms with van der Waals surface area (Å²) in [6, 6.07) is 10.8. The number of likely N-dealkylation sites (tertiary alicyclic amines) is 1. The van der Waals surface area contributed by atoms with Crippen LogP contribution >= 0.6 is 0 Å². The number of amides is 2. The number of piperidine rings is 1. The van der Waals surface area contributed by atoms with E-state index in [1.807, 2.05) is 26.0 Å². The molecule has 0 unspecified atom stereocenters. The normalized spacial score (nSPS) is 17.3. The highest BCUT2D eigenvalue weighted by Crippen LogP contribution is 2.41. The van der Waals surface area contributed by atoms with Crippen LogP contribution in [0.3, 0.4) is 0 Å². The Bertz CT molecular complexity index is 1040. The minimum Gasteiger partial charge on any atom is -0.486 e. The number of hydrogen-bond donors (Lipinski definition) is 1. The summed E-state index contributed by atoms with van der Waals surface area (Å²) in [5.74, 6) is 0.562. The summed E-state index contributed by atoms with van der Waals surface area (Å²) >= 11 is 0. The maximum absolute atomic E-state index is 13.0. The number of anilines is 1. The van der Waals surface area contributed by atoms with Gasteiger partial charge in [-0.1, -0.05) is 12.1 Å². The van der Waals surface area contributed by atoms with Crippen molar-refractivity contribution >= 4 is 23.3 Å². The molecule has 0 bridgehead atoms. The van der Waals surface area contributed by atoms with Gasteiger partial charge in [-0.25, -0.2) is 0 Å². The summed E-state index contributed by atoms with van der Waals surface area (Å²) in [7, 11) is 0. The van der Waals surface area contributed by atoms with Gasteiger partial charge in [-0.2, -0.15) is 0 Å². The van der Waals surface area contributed by atoms with Gasteiger partial charge in [0.2, 0.25) is 5.91 Å². The monoisotopic (exact) mass is 406 g/mol. The van der Waals surface area contributed by atoms with Crippen LogP contribution in [0.5, 0.6) is 5.75 Å². The molecule has 4 rings (SSSR count). The number of carbonyl (C=O) groups is 3. The van der Waals surface area contributed by atoms with Gasteiger partial charge < -0.3 is 15.0 Å². The van der Waals surface area contributed by atoms with Crippen molar-refractivity contribution in [2.75, 3.05) is 18.4 Å². The molecule has 1 N–H and O–H groups in total. The lowest BCUT2D eigenvalue weighted by Gasteiger charge is -2.44. The molecule has 6 heteroatoms. The Morgan fingerprint density at radius 2 is 1.83 bits per heavy atom. The fourth-order valence-electron chi connectivity index (χ4n) is 4.29.